The van der Waals surface area contributed by atoms with Gasteiger partial charge in [-0.05, 0) is 42.7 Å². The molecule has 0 fully saturated rings. The van der Waals surface area contributed by atoms with Gasteiger partial charge < -0.3 is 5.32 Å². The average Bonchev–Trinajstić information content (AvgIpc) is 3.32. The Kier molecular flexibility index (Phi) is 5.43. The van der Waals surface area contributed by atoms with Crippen molar-refractivity contribution in [3.63, 3.8) is 0 Å². The second kappa shape index (κ2) is 8.17. The molecule has 1 N–H and O–H groups in total. The van der Waals surface area contributed by atoms with E-state index < -0.39 is 12.2 Å². The maximum absolute atomic E-state index is 13.8. The van der Waals surface area contributed by atoms with Gasteiger partial charge in [0.1, 0.15) is 11.6 Å². The monoisotopic (exact) mass is 414 g/mol. The van der Waals surface area contributed by atoms with Crippen LogP contribution in [-0.2, 0) is 13.5 Å². The largest absolute Gasteiger partial charge is 0.363 e. The van der Waals surface area contributed by atoms with Crippen molar-refractivity contribution < 1.29 is 13.2 Å². The molecule has 0 amide bonds. The Morgan fingerprint density at radius 2 is 1.97 bits per heavy atom. The Hall–Kier alpha value is -3.36. The van der Waals surface area contributed by atoms with Crippen LogP contribution < -0.4 is 5.32 Å². The summed E-state index contributed by atoms with van der Waals surface area (Å²) >= 11 is 0. The normalized spacial score (nSPS) is 12.6. The minimum atomic E-state index is -2.40. The van der Waals surface area contributed by atoms with Gasteiger partial charge in [-0.15, -0.1) is 0 Å². The molecule has 3 heterocycles. The fourth-order valence-electron chi connectivity index (χ4n) is 3.47. The molecular formula is C21H21F3N6. The number of alkyl halides is 2. The maximum atomic E-state index is 13.8. The highest BCUT2D eigenvalue weighted by Gasteiger charge is 2.16. The minimum absolute atomic E-state index is 0.180. The molecule has 9 heteroatoms. The van der Waals surface area contributed by atoms with Crippen molar-refractivity contribution in [1.82, 2.24) is 24.4 Å². The topological polar surface area (TPSA) is 60.0 Å². The highest BCUT2D eigenvalue weighted by atomic mass is 19.3. The van der Waals surface area contributed by atoms with E-state index in [0.717, 1.165) is 11.1 Å². The Morgan fingerprint density at radius 1 is 1.13 bits per heavy atom. The molecule has 4 aromatic rings. The zero-order valence-corrected chi connectivity index (χ0v) is 16.6. The second-order valence-corrected chi connectivity index (χ2v) is 7.18. The van der Waals surface area contributed by atoms with Gasteiger partial charge in [-0.3, -0.25) is 4.68 Å². The Bertz CT molecular complexity index is 1170. The summed E-state index contributed by atoms with van der Waals surface area (Å²) in [6.45, 7) is 1.85. The minimum Gasteiger partial charge on any atom is -0.363 e. The van der Waals surface area contributed by atoms with Crippen molar-refractivity contribution in [2.45, 2.75) is 32.2 Å². The molecule has 0 aliphatic heterocycles. The van der Waals surface area contributed by atoms with Crippen LogP contribution in [0.4, 0.5) is 19.0 Å². The molecule has 1 aromatic carbocycles. The molecule has 0 saturated heterocycles. The predicted octanol–water partition coefficient (Wildman–Crippen LogP) is 4.64. The Labute approximate surface area is 171 Å². The molecular weight excluding hydrogens is 393 g/mol. The highest BCUT2D eigenvalue weighted by molar-refractivity contribution is 5.76. The molecule has 30 heavy (non-hydrogen) atoms. The van der Waals surface area contributed by atoms with Gasteiger partial charge >= 0.3 is 0 Å². The SMILES string of the molecule is CC(Nc1ccn2ncc(-c3cnn(C)c3)c2n1)c1cc(F)ccc1CCC(F)F. The third kappa shape index (κ3) is 4.14. The summed E-state index contributed by atoms with van der Waals surface area (Å²) in [4.78, 5) is 4.65. The van der Waals surface area contributed by atoms with Gasteiger partial charge in [-0.2, -0.15) is 10.2 Å². The fraction of sp³-hybridized carbons (Fsp3) is 0.286. The predicted molar refractivity (Wildman–Crippen MR) is 108 cm³/mol. The van der Waals surface area contributed by atoms with Crippen molar-refractivity contribution in [3.8, 4) is 11.1 Å². The molecule has 0 bridgehead atoms. The Balaban J connectivity index is 1.62. The molecule has 1 atom stereocenters. The lowest BCUT2D eigenvalue weighted by molar-refractivity contribution is 0.138. The quantitative estimate of drug-likeness (QED) is 0.479. The van der Waals surface area contributed by atoms with Gasteiger partial charge in [0.2, 0.25) is 6.43 Å². The first-order valence-electron chi connectivity index (χ1n) is 9.57. The van der Waals surface area contributed by atoms with Crippen LogP contribution in [0.25, 0.3) is 16.8 Å². The highest BCUT2D eigenvalue weighted by Crippen LogP contribution is 2.27. The summed E-state index contributed by atoms with van der Waals surface area (Å²) in [5, 5.41) is 11.8. The number of hydrogen-bond donors (Lipinski definition) is 1. The average molecular weight is 414 g/mol. The molecule has 3 aromatic heterocycles. The number of aromatic nitrogens is 5. The van der Waals surface area contributed by atoms with E-state index >= 15 is 0 Å². The van der Waals surface area contributed by atoms with Gasteiger partial charge in [0.05, 0.1) is 18.4 Å². The van der Waals surface area contributed by atoms with Crippen LogP contribution in [-0.4, -0.2) is 30.8 Å². The first-order valence-corrected chi connectivity index (χ1v) is 9.57. The molecule has 6 nitrogen and oxygen atoms in total. The molecule has 1 unspecified atom stereocenters. The standard InChI is InChI=1S/C21H21F3N6/c1-13(17-9-16(22)5-3-14(17)4-6-19(23)24)27-20-7-8-30-21(28-20)18(11-26-30)15-10-25-29(2)12-15/h3,5,7-13,19H,4,6H2,1-2H3,(H,27,28). The number of anilines is 1. The van der Waals surface area contributed by atoms with E-state index in [1.807, 2.05) is 20.2 Å². The van der Waals surface area contributed by atoms with E-state index in [9.17, 15) is 13.2 Å². The van der Waals surface area contributed by atoms with Gasteiger partial charge in [0.15, 0.2) is 5.65 Å². The van der Waals surface area contributed by atoms with Gasteiger partial charge in [-0.1, -0.05) is 6.07 Å². The third-order valence-corrected chi connectivity index (χ3v) is 4.96. The van der Waals surface area contributed by atoms with Crippen LogP contribution in [0, 0.1) is 5.82 Å². The number of nitrogens with one attached hydrogen (secondary N) is 1. The van der Waals surface area contributed by atoms with Crippen molar-refractivity contribution in [2.75, 3.05) is 5.32 Å². The van der Waals surface area contributed by atoms with Crippen LogP contribution in [0.5, 0.6) is 0 Å². The van der Waals surface area contributed by atoms with Gasteiger partial charge in [-0.25, -0.2) is 22.7 Å². The first-order chi connectivity index (χ1) is 14.4. The number of rotatable bonds is 7. The van der Waals surface area contributed by atoms with Crippen LogP contribution in [0.2, 0.25) is 0 Å². The van der Waals surface area contributed by atoms with E-state index in [4.69, 9.17) is 0 Å². The first kappa shape index (κ1) is 19.9. The lowest BCUT2D eigenvalue weighted by Crippen LogP contribution is -2.12. The van der Waals surface area contributed by atoms with Crippen LogP contribution >= 0.6 is 0 Å². The maximum Gasteiger partial charge on any atom is 0.239 e. The van der Waals surface area contributed by atoms with E-state index in [-0.39, 0.29) is 18.9 Å². The van der Waals surface area contributed by atoms with E-state index in [0.29, 0.717) is 22.6 Å². The number of hydrogen-bond acceptors (Lipinski definition) is 4. The molecule has 0 radical (unpaired) electrons. The number of halogens is 3. The zero-order chi connectivity index (χ0) is 21.3. The van der Waals surface area contributed by atoms with Gasteiger partial charge in [0.25, 0.3) is 0 Å². The summed E-state index contributed by atoms with van der Waals surface area (Å²) in [7, 11) is 1.84. The fourth-order valence-corrected chi connectivity index (χ4v) is 3.47. The van der Waals surface area contributed by atoms with Crippen LogP contribution in [0.15, 0.2) is 49.1 Å². The van der Waals surface area contributed by atoms with Crippen LogP contribution in [0.3, 0.4) is 0 Å². The zero-order valence-electron chi connectivity index (χ0n) is 16.6. The summed E-state index contributed by atoms with van der Waals surface area (Å²) < 4.78 is 42.5. The van der Waals surface area contributed by atoms with E-state index in [2.05, 4.69) is 20.5 Å². The smallest absolute Gasteiger partial charge is 0.239 e. The third-order valence-electron chi connectivity index (χ3n) is 4.96. The van der Waals surface area contributed by atoms with E-state index in [1.54, 1.807) is 39.9 Å². The molecule has 0 aliphatic rings. The van der Waals surface area contributed by atoms with Crippen LogP contribution in [0.1, 0.15) is 30.5 Å². The number of nitrogens with zero attached hydrogens (tertiary/aromatic N) is 5. The lowest BCUT2D eigenvalue weighted by Gasteiger charge is -2.19. The summed E-state index contributed by atoms with van der Waals surface area (Å²) in [6.07, 6.45) is 4.64. The summed E-state index contributed by atoms with van der Waals surface area (Å²) in [6, 6.07) is 5.69. The summed E-state index contributed by atoms with van der Waals surface area (Å²) in [5.74, 6) is 0.169. The van der Waals surface area contributed by atoms with E-state index in [1.165, 1.54) is 12.1 Å². The lowest BCUT2D eigenvalue weighted by atomic mass is 9.97. The van der Waals surface area contributed by atoms with Crippen molar-refractivity contribution in [2.24, 2.45) is 7.05 Å². The van der Waals surface area contributed by atoms with Crippen molar-refractivity contribution in [1.29, 1.82) is 0 Å². The number of fused-ring (bicyclic) bond motifs is 1. The van der Waals surface area contributed by atoms with Gasteiger partial charge in [0, 0.05) is 37.0 Å². The Morgan fingerprint density at radius 3 is 2.70 bits per heavy atom. The molecule has 0 aliphatic carbocycles. The molecule has 4 rings (SSSR count). The molecule has 156 valence electrons. The summed E-state index contributed by atoms with van der Waals surface area (Å²) in [5.41, 5.74) is 3.71. The molecule has 0 spiro atoms. The van der Waals surface area contributed by atoms with Crippen molar-refractivity contribution in [3.05, 3.63) is 66.0 Å². The van der Waals surface area contributed by atoms with Crippen molar-refractivity contribution >= 4 is 11.5 Å². The number of aryl methyl sites for hydroxylation is 2. The second-order valence-electron chi connectivity index (χ2n) is 7.18. The number of benzene rings is 1. The molecule has 0 saturated carbocycles.